The molecular weight excluding hydrogens is 264 g/mol. The van der Waals surface area contributed by atoms with E-state index in [1.54, 1.807) is 4.57 Å². The molecule has 2 aromatic heterocycles. The summed E-state index contributed by atoms with van der Waals surface area (Å²) in [5, 5.41) is 7.38. The molecule has 1 fully saturated rings. The fourth-order valence-electron chi connectivity index (χ4n) is 3.31. The van der Waals surface area contributed by atoms with E-state index in [9.17, 15) is 4.79 Å². The van der Waals surface area contributed by atoms with Gasteiger partial charge in [0.05, 0.1) is 12.2 Å². The average Bonchev–Trinajstić information content (AvgIpc) is 2.85. The van der Waals surface area contributed by atoms with Gasteiger partial charge < -0.3 is 4.90 Å². The van der Waals surface area contributed by atoms with E-state index >= 15 is 0 Å². The highest BCUT2D eigenvalue weighted by atomic mass is 16.1. The highest BCUT2D eigenvalue weighted by molar-refractivity contribution is 6.04. The first-order chi connectivity index (χ1) is 10.1. The molecule has 108 valence electrons. The molecule has 0 amide bonds. The van der Waals surface area contributed by atoms with Gasteiger partial charge in [-0.3, -0.25) is 9.36 Å². The molecule has 1 saturated heterocycles. The van der Waals surface area contributed by atoms with Crippen LogP contribution in [0, 0.1) is 6.92 Å². The molecule has 0 radical (unpaired) electrons. The van der Waals surface area contributed by atoms with Crippen molar-refractivity contribution in [2.75, 3.05) is 20.1 Å². The highest BCUT2D eigenvalue weighted by Gasteiger charge is 2.28. The van der Waals surface area contributed by atoms with Gasteiger partial charge in [0.25, 0.3) is 5.56 Å². The van der Waals surface area contributed by atoms with Crippen molar-refractivity contribution in [2.24, 2.45) is 7.05 Å². The molecule has 0 N–H and O–H groups in total. The number of pyridine rings is 1. The summed E-state index contributed by atoms with van der Waals surface area (Å²) < 4.78 is 3.75. The lowest BCUT2D eigenvalue weighted by molar-refractivity contribution is 0.133. The summed E-state index contributed by atoms with van der Waals surface area (Å²) in [5.41, 5.74) is 2.08. The second-order valence-corrected chi connectivity index (χ2v) is 6.11. The standard InChI is InChI=1S/C16H18N4O/c1-10-4-5-12-13(6-10)16(21)19(3)15-14(12)7-17-20(15)11-8-18(2)9-11/h4-7,11H,8-9H2,1-3H3. The summed E-state index contributed by atoms with van der Waals surface area (Å²) in [6, 6.07) is 6.41. The van der Waals surface area contributed by atoms with Crippen molar-refractivity contribution in [1.82, 2.24) is 19.2 Å². The Bertz CT molecular complexity index is 915. The van der Waals surface area contributed by atoms with Crippen LogP contribution in [-0.2, 0) is 7.05 Å². The quantitative estimate of drug-likeness (QED) is 0.682. The van der Waals surface area contributed by atoms with E-state index in [1.165, 1.54) is 0 Å². The molecule has 3 heterocycles. The molecule has 5 heteroatoms. The third kappa shape index (κ3) is 1.67. The zero-order valence-corrected chi connectivity index (χ0v) is 12.5. The van der Waals surface area contributed by atoms with Gasteiger partial charge in [-0.1, -0.05) is 17.7 Å². The minimum absolute atomic E-state index is 0.0515. The van der Waals surface area contributed by atoms with Crippen LogP contribution >= 0.6 is 0 Å². The molecule has 0 saturated carbocycles. The van der Waals surface area contributed by atoms with Crippen molar-refractivity contribution in [3.8, 4) is 0 Å². The van der Waals surface area contributed by atoms with Crippen molar-refractivity contribution in [1.29, 1.82) is 0 Å². The first kappa shape index (κ1) is 12.6. The molecule has 1 aliphatic rings. The number of likely N-dealkylation sites (tertiary alicyclic amines) is 1. The zero-order valence-electron chi connectivity index (χ0n) is 12.5. The number of hydrogen-bond donors (Lipinski definition) is 0. The van der Waals surface area contributed by atoms with E-state index in [4.69, 9.17) is 0 Å². The van der Waals surface area contributed by atoms with Crippen molar-refractivity contribution < 1.29 is 0 Å². The lowest BCUT2D eigenvalue weighted by atomic mass is 10.1. The Labute approximate surface area is 122 Å². The molecule has 3 aromatic rings. The summed E-state index contributed by atoms with van der Waals surface area (Å²) in [6.45, 7) is 3.98. The van der Waals surface area contributed by atoms with Crippen molar-refractivity contribution in [2.45, 2.75) is 13.0 Å². The third-order valence-electron chi connectivity index (χ3n) is 4.48. The Morgan fingerprint density at radius 3 is 2.62 bits per heavy atom. The largest absolute Gasteiger partial charge is 0.302 e. The Morgan fingerprint density at radius 1 is 1.14 bits per heavy atom. The molecule has 4 rings (SSSR count). The van der Waals surface area contributed by atoms with Crippen LogP contribution in [0.25, 0.3) is 21.8 Å². The van der Waals surface area contributed by atoms with Gasteiger partial charge in [0.1, 0.15) is 5.65 Å². The predicted molar refractivity (Wildman–Crippen MR) is 83.8 cm³/mol. The SMILES string of the molecule is Cc1ccc2c(c1)c(=O)n(C)c1c2cnn1C1CN(C)C1. The summed E-state index contributed by atoms with van der Waals surface area (Å²) in [7, 11) is 3.94. The van der Waals surface area contributed by atoms with E-state index in [0.29, 0.717) is 6.04 Å². The van der Waals surface area contributed by atoms with Crippen LogP contribution in [0.5, 0.6) is 0 Å². The van der Waals surface area contributed by atoms with Gasteiger partial charge in [0, 0.05) is 30.9 Å². The first-order valence-electron chi connectivity index (χ1n) is 7.21. The molecule has 0 spiro atoms. The monoisotopic (exact) mass is 282 g/mol. The van der Waals surface area contributed by atoms with E-state index < -0.39 is 0 Å². The van der Waals surface area contributed by atoms with Crippen LogP contribution in [0.2, 0.25) is 0 Å². The van der Waals surface area contributed by atoms with Crippen LogP contribution in [0.3, 0.4) is 0 Å². The number of hydrogen-bond acceptors (Lipinski definition) is 3. The summed E-state index contributed by atoms with van der Waals surface area (Å²) >= 11 is 0. The second-order valence-electron chi connectivity index (χ2n) is 6.11. The van der Waals surface area contributed by atoms with E-state index in [1.807, 2.05) is 37.0 Å². The minimum atomic E-state index is 0.0515. The molecule has 21 heavy (non-hydrogen) atoms. The smallest absolute Gasteiger partial charge is 0.259 e. The van der Waals surface area contributed by atoms with E-state index in [2.05, 4.69) is 23.1 Å². The van der Waals surface area contributed by atoms with Crippen molar-refractivity contribution >= 4 is 21.8 Å². The van der Waals surface area contributed by atoms with Crippen molar-refractivity contribution in [3.05, 3.63) is 40.3 Å². The number of rotatable bonds is 1. The number of nitrogens with zero attached hydrogens (tertiary/aromatic N) is 4. The number of fused-ring (bicyclic) bond motifs is 3. The third-order valence-corrected chi connectivity index (χ3v) is 4.48. The van der Waals surface area contributed by atoms with Crippen LogP contribution in [-0.4, -0.2) is 39.4 Å². The topological polar surface area (TPSA) is 43.1 Å². The molecule has 0 unspecified atom stereocenters. The molecule has 5 nitrogen and oxygen atoms in total. The molecule has 1 aliphatic heterocycles. The molecular formula is C16H18N4O. The highest BCUT2D eigenvalue weighted by Crippen LogP contribution is 2.27. The average molecular weight is 282 g/mol. The van der Waals surface area contributed by atoms with Gasteiger partial charge in [-0.25, -0.2) is 4.68 Å². The van der Waals surface area contributed by atoms with Crippen LogP contribution < -0.4 is 5.56 Å². The zero-order chi connectivity index (χ0) is 14.7. The molecule has 1 aromatic carbocycles. The fourth-order valence-corrected chi connectivity index (χ4v) is 3.31. The number of aryl methyl sites for hydroxylation is 2. The van der Waals surface area contributed by atoms with E-state index in [0.717, 1.165) is 40.5 Å². The van der Waals surface area contributed by atoms with Gasteiger partial charge >= 0.3 is 0 Å². The van der Waals surface area contributed by atoms with Gasteiger partial charge in [-0.05, 0) is 25.4 Å². The maximum absolute atomic E-state index is 12.6. The van der Waals surface area contributed by atoms with E-state index in [-0.39, 0.29) is 5.56 Å². The Morgan fingerprint density at radius 2 is 1.90 bits per heavy atom. The lowest BCUT2D eigenvalue weighted by Crippen LogP contribution is -2.45. The first-order valence-corrected chi connectivity index (χ1v) is 7.21. The number of aromatic nitrogens is 3. The van der Waals surface area contributed by atoms with Crippen LogP contribution in [0.4, 0.5) is 0 Å². The van der Waals surface area contributed by atoms with Crippen LogP contribution in [0.1, 0.15) is 11.6 Å². The van der Waals surface area contributed by atoms with Crippen LogP contribution in [0.15, 0.2) is 29.2 Å². The van der Waals surface area contributed by atoms with Gasteiger partial charge in [0.2, 0.25) is 0 Å². The summed E-state index contributed by atoms with van der Waals surface area (Å²) in [5.74, 6) is 0. The summed E-state index contributed by atoms with van der Waals surface area (Å²) in [6.07, 6.45) is 1.89. The molecule has 0 atom stereocenters. The Balaban J connectivity index is 2.08. The minimum Gasteiger partial charge on any atom is -0.302 e. The fraction of sp³-hybridized carbons (Fsp3) is 0.375. The lowest BCUT2D eigenvalue weighted by Gasteiger charge is -2.36. The molecule has 0 bridgehead atoms. The Hall–Kier alpha value is -2.14. The maximum atomic E-state index is 12.6. The van der Waals surface area contributed by atoms with Gasteiger partial charge in [-0.15, -0.1) is 0 Å². The second kappa shape index (κ2) is 4.18. The number of benzene rings is 1. The Kier molecular flexibility index (Phi) is 2.50. The number of likely N-dealkylation sites (N-methyl/N-ethyl adjacent to an activating group) is 1. The normalized spacial score (nSPS) is 16.7. The van der Waals surface area contributed by atoms with Gasteiger partial charge in [-0.2, -0.15) is 5.10 Å². The van der Waals surface area contributed by atoms with Crippen molar-refractivity contribution in [3.63, 3.8) is 0 Å². The van der Waals surface area contributed by atoms with Gasteiger partial charge in [0.15, 0.2) is 0 Å². The predicted octanol–water partition coefficient (Wildman–Crippen LogP) is 1.68. The summed E-state index contributed by atoms with van der Waals surface area (Å²) in [4.78, 5) is 14.9. The molecule has 0 aliphatic carbocycles. The maximum Gasteiger partial charge on any atom is 0.259 e.